The van der Waals surface area contributed by atoms with Gasteiger partial charge < -0.3 is 0 Å². The van der Waals surface area contributed by atoms with Crippen LogP contribution in [0.15, 0.2) is 98.4 Å². The van der Waals surface area contributed by atoms with Crippen LogP contribution in [0.4, 0.5) is 0 Å². The van der Waals surface area contributed by atoms with E-state index in [2.05, 4.69) is 31.4 Å². The Bertz CT molecular complexity index is 1440. The van der Waals surface area contributed by atoms with Gasteiger partial charge in [0.1, 0.15) is 0 Å². The first-order chi connectivity index (χ1) is 16.5. The lowest BCUT2D eigenvalue weighted by atomic mass is 10.2. The minimum absolute atomic E-state index is 0.0235. The van der Waals surface area contributed by atoms with E-state index in [0.29, 0.717) is 31.3 Å². The topological polar surface area (TPSA) is 76.3 Å². The second kappa shape index (κ2) is 11.3. The minimum Gasteiger partial charge on any atom is -0.272 e. The number of hydrogen-bond donors (Lipinski definition) is 1. The van der Waals surface area contributed by atoms with Crippen molar-refractivity contribution in [2.75, 3.05) is 5.75 Å². The third-order valence-corrected chi connectivity index (χ3v) is 6.27. The molecule has 0 spiro atoms. The van der Waals surface area contributed by atoms with Gasteiger partial charge in [0.25, 0.3) is 11.5 Å². The average Bonchev–Trinajstić information content (AvgIpc) is 2.84. The van der Waals surface area contributed by atoms with Gasteiger partial charge in [-0.2, -0.15) is 5.10 Å². The molecule has 0 radical (unpaired) electrons. The highest BCUT2D eigenvalue weighted by molar-refractivity contribution is 9.12. The average molecular weight is 554 g/mol. The van der Waals surface area contributed by atoms with Crippen molar-refractivity contribution < 1.29 is 4.79 Å². The van der Waals surface area contributed by atoms with Crippen LogP contribution in [-0.2, 0) is 4.79 Å². The maximum atomic E-state index is 13.2. The molecule has 34 heavy (non-hydrogen) atoms. The second-order valence-electron chi connectivity index (χ2n) is 7.05. The Morgan fingerprint density at radius 1 is 1.06 bits per heavy atom. The number of allylic oxidation sites excluding steroid dienone is 1. The van der Waals surface area contributed by atoms with Crippen LogP contribution >= 0.6 is 39.3 Å². The lowest BCUT2D eigenvalue weighted by Crippen LogP contribution is -2.24. The Morgan fingerprint density at radius 3 is 2.53 bits per heavy atom. The summed E-state index contributed by atoms with van der Waals surface area (Å²) in [6, 6.07) is 23.7. The summed E-state index contributed by atoms with van der Waals surface area (Å²) in [5.41, 5.74) is 4.46. The number of para-hydroxylation sites is 1. The van der Waals surface area contributed by atoms with Gasteiger partial charge >= 0.3 is 0 Å². The Balaban J connectivity index is 1.51. The standard InChI is InChI=1S/C25H18BrClN4O2S/c26-18(14-17-6-2-1-3-7-17)15-28-30-23(32)16-34-25-29-22-9-5-4-8-21(22)24(33)31(25)20-12-10-19(27)11-13-20/h1-15H,16H2,(H,30,32). The fraction of sp³-hybridized carbons (Fsp3) is 0.0400. The number of halogens is 2. The molecule has 1 heterocycles. The maximum absolute atomic E-state index is 13.2. The van der Waals surface area contributed by atoms with E-state index in [1.807, 2.05) is 42.5 Å². The summed E-state index contributed by atoms with van der Waals surface area (Å²) < 4.78 is 2.19. The minimum atomic E-state index is -0.327. The van der Waals surface area contributed by atoms with Crippen LogP contribution in [0.5, 0.6) is 0 Å². The molecule has 0 fully saturated rings. The Labute approximate surface area is 213 Å². The van der Waals surface area contributed by atoms with E-state index in [1.54, 1.807) is 42.5 Å². The number of aromatic nitrogens is 2. The quantitative estimate of drug-likeness (QED) is 0.138. The largest absolute Gasteiger partial charge is 0.272 e. The highest BCUT2D eigenvalue weighted by atomic mass is 79.9. The summed E-state index contributed by atoms with van der Waals surface area (Å²) >= 11 is 10.6. The van der Waals surface area contributed by atoms with Gasteiger partial charge in [-0.25, -0.2) is 10.4 Å². The molecule has 0 aliphatic carbocycles. The number of hydrogen-bond acceptors (Lipinski definition) is 5. The summed E-state index contributed by atoms with van der Waals surface area (Å²) in [6.45, 7) is 0. The Hall–Kier alpha value is -3.20. The monoisotopic (exact) mass is 552 g/mol. The molecule has 0 bridgehead atoms. The van der Waals surface area contributed by atoms with Crippen molar-refractivity contribution in [2.45, 2.75) is 5.16 Å². The number of amides is 1. The van der Waals surface area contributed by atoms with Crippen molar-refractivity contribution in [1.82, 2.24) is 15.0 Å². The van der Waals surface area contributed by atoms with Crippen LogP contribution in [0.2, 0.25) is 5.02 Å². The molecule has 0 atom stereocenters. The number of fused-ring (bicyclic) bond motifs is 1. The van der Waals surface area contributed by atoms with Crippen LogP contribution in [-0.4, -0.2) is 27.4 Å². The van der Waals surface area contributed by atoms with E-state index in [0.717, 1.165) is 17.3 Å². The lowest BCUT2D eigenvalue weighted by Gasteiger charge is -2.13. The molecule has 4 rings (SSSR count). The van der Waals surface area contributed by atoms with E-state index < -0.39 is 0 Å². The van der Waals surface area contributed by atoms with Crippen molar-refractivity contribution in [3.05, 3.63) is 104 Å². The maximum Gasteiger partial charge on any atom is 0.266 e. The van der Waals surface area contributed by atoms with Crippen LogP contribution in [0.1, 0.15) is 5.56 Å². The van der Waals surface area contributed by atoms with E-state index in [1.165, 1.54) is 10.8 Å². The molecular weight excluding hydrogens is 536 g/mol. The summed E-state index contributed by atoms with van der Waals surface area (Å²) in [6.07, 6.45) is 3.39. The predicted molar refractivity (Wildman–Crippen MR) is 143 cm³/mol. The molecular formula is C25H18BrClN4O2S. The number of rotatable bonds is 7. The normalized spacial score (nSPS) is 11.8. The van der Waals surface area contributed by atoms with E-state index in [-0.39, 0.29) is 17.2 Å². The summed E-state index contributed by atoms with van der Waals surface area (Å²) in [5, 5.41) is 5.43. The van der Waals surface area contributed by atoms with Crippen molar-refractivity contribution in [3.63, 3.8) is 0 Å². The SMILES string of the molecule is O=C(CSc1nc2ccccc2c(=O)n1-c1ccc(Cl)cc1)NN=CC(Br)=Cc1ccccc1. The first-order valence-corrected chi connectivity index (χ1v) is 12.3. The first kappa shape index (κ1) is 23.9. The number of carbonyl (C=O) groups excluding carboxylic acids is 1. The van der Waals surface area contributed by atoms with Gasteiger partial charge in [-0.3, -0.25) is 14.2 Å². The fourth-order valence-electron chi connectivity index (χ4n) is 3.10. The number of carbonyl (C=O) groups is 1. The van der Waals surface area contributed by atoms with Gasteiger partial charge in [-0.1, -0.05) is 65.8 Å². The number of nitrogens with zero attached hydrogens (tertiary/aromatic N) is 3. The molecule has 0 aliphatic rings. The van der Waals surface area contributed by atoms with Crippen molar-refractivity contribution >= 4 is 68.4 Å². The highest BCUT2D eigenvalue weighted by Crippen LogP contribution is 2.22. The van der Waals surface area contributed by atoms with Gasteiger partial charge in [0.2, 0.25) is 0 Å². The molecule has 0 unspecified atom stereocenters. The zero-order chi connectivity index (χ0) is 23.9. The third-order valence-electron chi connectivity index (χ3n) is 4.64. The molecule has 1 aromatic heterocycles. The molecule has 0 saturated heterocycles. The van der Waals surface area contributed by atoms with Crippen LogP contribution in [0, 0.1) is 0 Å². The zero-order valence-electron chi connectivity index (χ0n) is 17.7. The number of hydrazone groups is 1. The van der Waals surface area contributed by atoms with Crippen molar-refractivity contribution in [3.8, 4) is 5.69 Å². The fourth-order valence-corrected chi connectivity index (χ4v) is 4.40. The van der Waals surface area contributed by atoms with Crippen LogP contribution < -0.4 is 11.0 Å². The highest BCUT2D eigenvalue weighted by Gasteiger charge is 2.14. The smallest absolute Gasteiger partial charge is 0.266 e. The lowest BCUT2D eigenvalue weighted by molar-refractivity contribution is -0.118. The Morgan fingerprint density at radius 2 is 1.76 bits per heavy atom. The number of benzene rings is 3. The van der Waals surface area contributed by atoms with Gasteiger partial charge in [0, 0.05) is 9.51 Å². The molecule has 6 nitrogen and oxygen atoms in total. The second-order valence-corrected chi connectivity index (χ2v) is 9.34. The van der Waals surface area contributed by atoms with E-state index in [9.17, 15) is 9.59 Å². The van der Waals surface area contributed by atoms with Crippen LogP contribution in [0.25, 0.3) is 22.7 Å². The molecule has 4 aromatic rings. The molecule has 0 saturated carbocycles. The molecule has 9 heteroatoms. The molecule has 1 amide bonds. The summed E-state index contributed by atoms with van der Waals surface area (Å²) in [5.74, 6) is -0.304. The zero-order valence-corrected chi connectivity index (χ0v) is 20.8. The molecule has 0 aliphatic heterocycles. The van der Waals surface area contributed by atoms with Crippen molar-refractivity contribution in [1.29, 1.82) is 0 Å². The number of nitrogens with one attached hydrogen (secondary N) is 1. The predicted octanol–water partition coefficient (Wildman–Crippen LogP) is 5.67. The molecule has 1 N–H and O–H groups in total. The molecule has 170 valence electrons. The third kappa shape index (κ3) is 6.02. The summed E-state index contributed by atoms with van der Waals surface area (Å²) in [7, 11) is 0. The number of thioether (sulfide) groups is 1. The first-order valence-electron chi connectivity index (χ1n) is 10.2. The summed E-state index contributed by atoms with van der Waals surface area (Å²) in [4.78, 5) is 30.2. The Kier molecular flexibility index (Phi) is 7.95. The van der Waals surface area contributed by atoms with E-state index in [4.69, 9.17) is 11.6 Å². The van der Waals surface area contributed by atoms with Crippen molar-refractivity contribution in [2.24, 2.45) is 5.10 Å². The van der Waals surface area contributed by atoms with Gasteiger partial charge in [0.15, 0.2) is 5.16 Å². The van der Waals surface area contributed by atoms with E-state index >= 15 is 0 Å². The van der Waals surface area contributed by atoms with Crippen LogP contribution in [0.3, 0.4) is 0 Å². The molecule has 3 aromatic carbocycles. The van der Waals surface area contributed by atoms with Gasteiger partial charge in [0.05, 0.1) is 28.6 Å². The van der Waals surface area contributed by atoms with Gasteiger partial charge in [-0.05, 0) is 64.0 Å². The van der Waals surface area contributed by atoms with Gasteiger partial charge in [-0.15, -0.1) is 0 Å².